The Morgan fingerprint density at radius 3 is 2.50 bits per heavy atom. The number of hydrogen-bond acceptors (Lipinski definition) is 4. The first-order valence-electron chi connectivity index (χ1n) is 4.74. The van der Waals surface area contributed by atoms with Crippen LogP contribution in [0.25, 0.3) is 0 Å². The molecular formula is C10H15NO3S2. The van der Waals surface area contributed by atoms with Gasteiger partial charge in [-0.25, -0.2) is 8.42 Å². The van der Waals surface area contributed by atoms with Crippen molar-refractivity contribution in [2.24, 2.45) is 0 Å². The number of hydrogen-bond donors (Lipinski definition) is 1. The normalized spacial score (nSPS) is 13.4. The minimum atomic E-state index is -3.22. The van der Waals surface area contributed by atoms with Gasteiger partial charge < -0.3 is 5.32 Å². The molecule has 0 aliphatic rings. The molecule has 0 fully saturated rings. The van der Waals surface area contributed by atoms with Gasteiger partial charge in [0.25, 0.3) is 0 Å². The summed E-state index contributed by atoms with van der Waals surface area (Å²) in [6, 6.07) is 6.70. The van der Waals surface area contributed by atoms with Crippen LogP contribution >= 0.6 is 0 Å². The fourth-order valence-corrected chi connectivity index (χ4v) is 2.52. The number of nitrogens with one attached hydrogen (secondary N) is 1. The van der Waals surface area contributed by atoms with Crippen molar-refractivity contribution in [2.45, 2.75) is 4.90 Å². The average molecular weight is 261 g/mol. The van der Waals surface area contributed by atoms with E-state index in [1.54, 1.807) is 30.5 Å². The van der Waals surface area contributed by atoms with E-state index >= 15 is 0 Å². The van der Waals surface area contributed by atoms with E-state index in [0.29, 0.717) is 18.0 Å². The van der Waals surface area contributed by atoms with Crippen LogP contribution in [0.2, 0.25) is 0 Å². The number of para-hydroxylation sites is 1. The zero-order chi connectivity index (χ0) is 12.2. The highest BCUT2D eigenvalue weighted by Gasteiger charge is 2.11. The molecule has 0 spiro atoms. The topological polar surface area (TPSA) is 63.2 Å². The van der Waals surface area contributed by atoms with Gasteiger partial charge in [-0.1, -0.05) is 12.1 Å². The Morgan fingerprint density at radius 2 is 1.94 bits per heavy atom. The van der Waals surface area contributed by atoms with Crippen LogP contribution < -0.4 is 5.32 Å². The first-order chi connectivity index (χ1) is 7.41. The molecule has 1 atom stereocenters. The van der Waals surface area contributed by atoms with Gasteiger partial charge >= 0.3 is 0 Å². The second-order valence-corrected chi connectivity index (χ2v) is 7.01. The molecular weight excluding hydrogens is 246 g/mol. The molecule has 0 saturated heterocycles. The van der Waals surface area contributed by atoms with Crippen molar-refractivity contribution in [3.8, 4) is 0 Å². The lowest BCUT2D eigenvalue weighted by Gasteiger charge is -2.09. The van der Waals surface area contributed by atoms with E-state index in [2.05, 4.69) is 5.32 Å². The summed E-state index contributed by atoms with van der Waals surface area (Å²) in [6.07, 6.45) is 2.79. The van der Waals surface area contributed by atoms with E-state index < -0.39 is 20.6 Å². The Bertz CT molecular complexity index is 483. The Hall–Kier alpha value is -0.880. The van der Waals surface area contributed by atoms with E-state index in [1.165, 1.54) is 6.26 Å². The van der Waals surface area contributed by atoms with Crippen LogP contribution in [0.5, 0.6) is 0 Å². The standard InChI is InChI=1S/C10H15NO3S2/c1-15(12)8-7-11-9-5-3-4-6-10(9)16(2,13)14/h3-6,11H,7-8H2,1-2H3. The molecule has 4 nitrogen and oxygen atoms in total. The van der Waals surface area contributed by atoms with Crippen molar-refractivity contribution in [3.63, 3.8) is 0 Å². The van der Waals surface area contributed by atoms with E-state index in [9.17, 15) is 12.6 Å². The zero-order valence-electron chi connectivity index (χ0n) is 9.26. The minimum absolute atomic E-state index is 0.275. The minimum Gasteiger partial charge on any atom is -0.383 e. The fraction of sp³-hybridized carbons (Fsp3) is 0.400. The highest BCUT2D eigenvalue weighted by atomic mass is 32.2. The lowest BCUT2D eigenvalue weighted by Crippen LogP contribution is -2.12. The summed E-state index contributed by atoms with van der Waals surface area (Å²) >= 11 is 0. The van der Waals surface area contributed by atoms with E-state index in [1.807, 2.05) is 0 Å². The largest absolute Gasteiger partial charge is 0.383 e. The average Bonchev–Trinajstić information content (AvgIpc) is 2.16. The molecule has 1 aromatic rings. The van der Waals surface area contributed by atoms with Crippen LogP contribution in [0.3, 0.4) is 0 Å². The van der Waals surface area contributed by atoms with Gasteiger partial charge in [0, 0.05) is 35.6 Å². The van der Waals surface area contributed by atoms with Gasteiger partial charge in [0.15, 0.2) is 9.84 Å². The summed E-state index contributed by atoms with van der Waals surface area (Å²) in [7, 11) is -4.10. The van der Waals surface area contributed by atoms with E-state index in [-0.39, 0.29) is 4.90 Å². The molecule has 1 N–H and O–H groups in total. The zero-order valence-corrected chi connectivity index (χ0v) is 10.9. The van der Waals surface area contributed by atoms with E-state index in [4.69, 9.17) is 0 Å². The third-order valence-corrected chi connectivity index (χ3v) is 3.93. The van der Waals surface area contributed by atoms with Crippen LogP contribution in [0.15, 0.2) is 29.2 Å². The Balaban J connectivity index is 2.84. The highest BCUT2D eigenvalue weighted by Crippen LogP contribution is 2.19. The third kappa shape index (κ3) is 3.94. The fourth-order valence-electron chi connectivity index (χ4n) is 1.27. The smallest absolute Gasteiger partial charge is 0.177 e. The predicted octanol–water partition coefficient (Wildman–Crippen LogP) is 0.881. The molecule has 0 heterocycles. The predicted molar refractivity (Wildman–Crippen MR) is 67.0 cm³/mol. The Kier molecular flexibility index (Phi) is 4.49. The van der Waals surface area contributed by atoms with Gasteiger partial charge in [0.1, 0.15) is 0 Å². The number of rotatable bonds is 5. The second-order valence-electron chi connectivity index (χ2n) is 3.47. The lowest BCUT2D eigenvalue weighted by atomic mass is 10.3. The van der Waals surface area contributed by atoms with Crippen LogP contribution in [0.4, 0.5) is 5.69 Å². The number of benzene rings is 1. The van der Waals surface area contributed by atoms with Gasteiger partial charge in [0.2, 0.25) is 0 Å². The molecule has 0 amide bonds. The Morgan fingerprint density at radius 1 is 1.31 bits per heavy atom. The molecule has 0 bridgehead atoms. The van der Waals surface area contributed by atoms with Crippen molar-refractivity contribution in [1.29, 1.82) is 0 Å². The first kappa shape index (κ1) is 13.2. The summed E-state index contributed by atoms with van der Waals surface area (Å²) < 4.78 is 33.8. The molecule has 0 aromatic heterocycles. The molecule has 1 rings (SSSR count). The van der Waals surface area contributed by atoms with Gasteiger partial charge in [-0.3, -0.25) is 4.21 Å². The summed E-state index contributed by atoms with van der Waals surface area (Å²) in [5.41, 5.74) is 0.565. The summed E-state index contributed by atoms with van der Waals surface area (Å²) in [5.74, 6) is 0.498. The molecule has 0 aliphatic carbocycles. The van der Waals surface area contributed by atoms with Gasteiger partial charge in [-0.2, -0.15) is 0 Å². The van der Waals surface area contributed by atoms with Gasteiger partial charge in [-0.05, 0) is 12.1 Å². The van der Waals surface area contributed by atoms with Crippen LogP contribution in [-0.4, -0.2) is 37.4 Å². The molecule has 16 heavy (non-hydrogen) atoms. The summed E-state index contributed by atoms with van der Waals surface area (Å²) in [6.45, 7) is 0.496. The van der Waals surface area contributed by atoms with Crippen molar-refractivity contribution in [2.75, 3.05) is 30.1 Å². The summed E-state index contributed by atoms with van der Waals surface area (Å²) in [4.78, 5) is 0.275. The maximum atomic E-state index is 11.5. The third-order valence-electron chi connectivity index (χ3n) is 1.99. The first-order valence-corrected chi connectivity index (χ1v) is 8.36. The lowest BCUT2D eigenvalue weighted by molar-refractivity contribution is 0.602. The monoisotopic (exact) mass is 261 g/mol. The second kappa shape index (κ2) is 5.45. The SMILES string of the molecule is CS(=O)CCNc1ccccc1S(C)(=O)=O. The van der Waals surface area contributed by atoms with Gasteiger partial charge in [-0.15, -0.1) is 0 Å². The van der Waals surface area contributed by atoms with E-state index in [0.717, 1.165) is 0 Å². The number of anilines is 1. The molecule has 1 unspecified atom stereocenters. The molecule has 1 aromatic carbocycles. The molecule has 0 aliphatic heterocycles. The Labute approximate surface area is 98.4 Å². The number of sulfone groups is 1. The maximum absolute atomic E-state index is 11.5. The molecule has 6 heteroatoms. The van der Waals surface area contributed by atoms with Crippen LogP contribution in [-0.2, 0) is 20.6 Å². The quantitative estimate of drug-likeness (QED) is 0.854. The van der Waals surface area contributed by atoms with Crippen LogP contribution in [0, 0.1) is 0 Å². The molecule has 0 saturated carbocycles. The molecule has 0 radical (unpaired) electrons. The maximum Gasteiger partial charge on any atom is 0.177 e. The van der Waals surface area contributed by atoms with Crippen molar-refractivity contribution in [3.05, 3.63) is 24.3 Å². The van der Waals surface area contributed by atoms with Gasteiger partial charge in [0.05, 0.1) is 10.6 Å². The highest BCUT2D eigenvalue weighted by molar-refractivity contribution is 7.90. The van der Waals surface area contributed by atoms with Crippen LogP contribution in [0.1, 0.15) is 0 Å². The summed E-state index contributed by atoms with van der Waals surface area (Å²) in [5, 5.41) is 2.98. The molecule has 90 valence electrons. The van der Waals surface area contributed by atoms with Crippen molar-refractivity contribution < 1.29 is 12.6 Å². The van der Waals surface area contributed by atoms with Crippen molar-refractivity contribution >= 4 is 26.3 Å². The van der Waals surface area contributed by atoms with Crippen molar-refractivity contribution in [1.82, 2.24) is 0 Å².